The molecule has 0 N–H and O–H groups in total. The molecule has 31 heavy (non-hydrogen) atoms. The van der Waals surface area contributed by atoms with Gasteiger partial charge >= 0.3 is 0 Å². The predicted molar refractivity (Wildman–Crippen MR) is 124 cm³/mol. The number of amides is 1. The van der Waals surface area contributed by atoms with Gasteiger partial charge in [0.2, 0.25) is 5.91 Å². The van der Waals surface area contributed by atoms with Gasteiger partial charge in [0.05, 0.1) is 17.2 Å². The van der Waals surface area contributed by atoms with Crippen LogP contribution in [0.4, 0.5) is 5.69 Å². The third kappa shape index (κ3) is 4.79. The maximum Gasteiger partial charge on any atom is 0.261 e. The monoisotopic (exact) mass is 418 g/mol. The molecule has 1 aliphatic rings. The fourth-order valence-corrected chi connectivity index (χ4v) is 4.23. The second kappa shape index (κ2) is 9.33. The van der Waals surface area contributed by atoms with Gasteiger partial charge in [-0.15, -0.1) is 0 Å². The summed E-state index contributed by atoms with van der Waals surface area (Å²) in [6.07, 6.45) is 5.65. The van der Waals surface area contributed by atoms with E-state index in [1.807, 2.05) is 26.1 Å². The molecule has 162 valence electrons. The highest BCUT2D eigenvalue weighted by Crippen LogP contribution is 2.20. The summed E-state index contributed by atoms with van der Waals surface area (Å²) in [5.41, 5.74) is 3.97. The van der Waals surface area contributed by atoms with Gasteiger partial charge in [-0.25, -0.2) is 4.98 Å². The van der Waals surface area contributed by atoms with Crippen molar-refractivity contribution in [2.24, 2.45) is 0 Å². The highest BCUT2D eigenvalue weighted by Gasteiger charge is 2.13. The van der Waals surface area contributed by atoms with Gasteiger partial charge in [0, 0.05) is 45.3 Å². The molecule has 1 saturated heterocycles. The molecule has 4 rings (SSSR count). The Morgan fingerprint density at radius 2 is 1.81 bits per heavy atom. The van der Waals surface area contributed by atoms with Crippen LogP contribution in [0.2, 0.25) is 0 Å². The van der Waals surface area contributed by atoms with Crippen molar-refractivity contribution >= 4 is 22.5 Å². The molecule has 0 spiro atoms. The van der Waals surface area contributed by atoms with Crippen molar-refractivity contribution in [2.75, 3.05) is 25.0 Å². The molecule has 1 fully saturated rings. The lowest BCUT2D eigenvalue weighted by molar-refractivity contribution is -0.130. The summed E-state index contributed by atoms with van der Waals surface area (Å²) in [6, 6.07) is 14.1. The van der Waals surface area contributed by atoms with E-state index in [0.717, 1.165) is 29.7 Å². The van der Waals surface area contributed by atoms with E-state index in [1.165, 1.54) is 29.5 Å². The first-order valence-electron chi connectivity index (χ1n) is 11.1. The first-order valence-corrected chi connectivity index (χ1v) is 11.1. The number of rotatable bonds is 6. The van der Waals surface area contributed by atoms with Gasteiger partial charge in [0.1, 0.15) is 0 Å². The standard InChI is InChI=1S/C25H30N4O2/c1-19-7-6-8-22-24(19)26-18-29(25(22)31)16-13-23(30)27(2)17-20-9-11-21(12-10-20)28-14-4-3-5-15-28/h6-12,18H,3-5,13-17H2,1-2H3. The summed E-state index contributed by atoms with van der Waals surface area (Å²) in [5.74, 6) is 0.0105. The lowest BCUT2D eigenvalue weighted by Crippen LogP contribution is -2.30. The number of aromatic nitrogens is 2. The maximum atomic E-state index is 12.7. The molecule has 1 aromatic heterocycles. The third-order valence-corrected chi connectivity index (χ3v) is 6.12. The van der Waals surface area contributed by atoms with E-state index in [2.05, 4.69) is 34.1 Å². The Morgan fingerprint density at radius 3 is 2.55 bits per heavy atom. The number of piperidine rings is 1. The summed E-state index contributed by atoms with van der Waals surface area (Å²) in [5, 5.41) is 0.595. The van der Waals surface area contributed by atoms with Crippen LogP contribution in [-0.2, 0) is 17.9 Å². The van der Waals surface area contributed by atoms with Crippen molar-refractivity contribution < 1.29 is 4.79 Å². The van der Waals surface area contributed by atoms with E-state index in [1.54, 1.807) is 17.3 Å². The smallest absolute Gasteiger partial charge is 0.261 e. The van der Waals surface area contributed by atoms with E-state index in [4.69, 9.17) is 0 Å². The summed E-state index contributed by atoms with van der Waals surface area (Å²) in [6.45, 7) is 5.08. The van der Waals surface area contributed by atoms with Gasteiger partial charge in [0.25, 0.3) is 5.56 Å². The van der Waals surface area contributed by atoms with Crippen LogP contribution in [0.3, 0.4) is 0 Å². The van der Waals surface area contributed by atoms with E-state index in [-0.39, 0.29) is 17.9 Å². The number of hydrogen-bond donors (Lipinski definition) is 0. The fourth-order valence-electron chi connectivity index (χ4n) is 4.23. The number of para-hydroxylation sites is 1. The summed E-state index contributed by atoms with van der Waals surface area (Å²) < 4.78 is 1.53. The molecular formula is C25H30N4O2. The van der Waals surface area contributed by atoms with E-state index >= 15 is 0 Å². The molecule has 2 aromatic carbocycles. The normalized spacial score (nSPS) is 14.1. The van der Waals surface area contributed by atoms with Crippen LogP contribution in [0.15, 0.2) is 53.6 Å². The zero-order valence-electron chi connectivity index (χ0n) is 18.4. The minimum absolute atomic E-state index is 0.0105. The summed E-state index contributed by atoms with van der Waals surface area (Å²) in [7, 11) is 1.81. The van der Waals surface area contributed by atoms with Gasteiger partial charge < -0.3 is 9.80 Å². The van der Waals surface area contributed by atoms with Gasteiger partial charge in [-0.3, -0.25) is 14.2 Å². The molecule has 3 aromatic rings. The Balaban J connectivity index is 1.35. The highest BCUT2D eigenvalue weighted by atomic mass is 16.2. The van der Waals surface area contributed by atoms with E-state index in [9.17, 15) is 9.59 Å². The molecule has 0 aliphatic carbocycles. The molecule has 2 heterocycles. The molecule has 1 amide bonds. The molecule has 1 aliphatic heterocycles. The SMILES string of the molecule is Cc1cccc2c(=O)n(CCC(=O)N(C)Cc3ccc(N4CCCCC4)cc3)cnc12. The molecule has 6 heteroatoms. The Bertz CT molecular complexity index is 1110. The van der Waals surface area contributed by atoms with Crippen molar-refractivity contribution in [2.45, 2.75) is 45.7 Å². The van der Waals surface area contributed by atoms with Gasteiger partial charge in [-0.05, 0) is 55.5 Å². The minimum Gasteiger partial charge on any atom is -0.372 e. The average Bonchev–Trinajstić information content (AvgIpc) is 2.80. The summed E-state index contributed by atoms with van der Waals surface area (Å²) in [4.78, 5) is 33.9. The van der Waals surface area contributed by atoms with Crippen molar-refractivity contribution in [3.05, 3.63) is 70.3 Å². The van der Waals surface area contributed by atoms with Crippen molar-refractivity contribution in [3.8, 4) is 0 Å². The zero-order valence-corrected chi connectivity index (χ0v) is 18.4. The topological polar surface area (TPSA) is 58.4 Å². The Morgan fingerprint density at radius 1 is 1.06 bits per heavy atom. The van der Waals surface area contributed by atoms with Crippen LogP contribution in [0.1, 0.15) is 36.8 Å². The van der Waals surface area contributed by atoms with Crippen LogP contribution in [0.25, 0.3) is 10.9 Å². The van der Waals surface area contributed by atoms with Crippen LogP contribution < -0.4 is 10.5 Å². The Kier molecular flexibility index (Phi) is 6.35. The fraction of sp³-hybridized carbons (Fsp3) is 0.400. The van der Waals surface area contributed by atoms with Crippen molar-refractivity contribution in [1.82, 2.24) is 14.5 Å². The van der Waals surface area contributed by atoms with E-state index in [0.29, 0.717) is 18.5 Å². The number of hydrogen-bond acceptors (Lipinski definition) is 4. The second-order valence-electron chi connectivity index (χ2n) is 8.43. The molecule has 0 radical (unpaired) electrons. The quantitative estimate of drug-likeness (QED) is 0.612. The van der Waals surface area contributed by atoms with Crippen LogP contribution in [-0.4, -0.2) is 40.5 Å². The average molecular weight is 419 g/mol. The van der Waals surface area contributed by atoms with Gasteiger partial charge in [-0.2, -0.15) is 0 Å². The number of carbonyl (C=O) groups excluding carboxylic acids is 1. The summed E-state index contributed by atoms with van der Waals surface area (Å²) >= 11 is 0. The van der Waals surface area contributed by atoms with Crippen LogP contribution >= 0.6 is 0 Å². The first-order chi connectivity index (χ1) is 15.0. The number of carbonyl (C=O) groups is 1. The molecule has 0 unspecified atom stereocenters. The van der Waals surface area contributed by atoms with Crippen molar-refractivity contribution in [1.29, 1.82) is 0 Å². The lowest BCUT2D eigenvalue weighted by atomic mass is 10.1. The predicted octanol–water partition coefficient (Wildman–Crippen LogP) is 3.74. The second-order valence-corrected chi connectivity index (χ2v) is 8.43. The maximum absolute atomic E-state index is 12.7. The number of fused-ring (bicyclic) bond motifs is 1. The van der Waals surface area contributed by atoms with Gasteiger partial charge in [0.15, 0.2) is 0 Å². The van der Waals surface area contributed by atoms with Gasteiger partial charge in [-0.1, -0.05) is 24.3 Å². The Hall–Kier alpha value is -3.15. The molecule has 0 atom stereocenters. The molecular weight excluding hydrogens is 388 g/mol. The Labute approximate surface area is 183 Å². The minimum atomic E-state index is -0.0996. The van der Waals surface area contributed by atoms with Crippen LogP contribution in [0.5, 0.6) is 0 Å². The highest BCUT2D eigenvalue weighted by molar-refractivity contribution is 5.80. The lowest BCUT2D eigenvalue weighted by Gasteiger charge is -2.29. The molecule has 0 saturated carbocycles. The molecule has 6 nitrogen and oxygen atoms in total. The zero-order chi connectivity index (χ0) is 21.8. The first kappa shape index (κ1) is 21.1. The third-order valence-electron chi connectivity index (χ3n) is 6.12. The number of aryl methyl sites for hydroxylation is 2. The van der Waals surface area contributed by atoms with E-state index < -0.39 is 0 Å². The number of benzene rings is 2. The van der Waals surface area contributed by atoms with Crippen molar-refractivity contribution in [3.63, 3.8) is 0 Å². The number of anilines is 1. The number of nitrogens with zero attached hydrogens (tertiary/aromatic N) is 4. The largest absolute Gasteiger partial charge is 0.372 e. The molecule has 0 bridgehead atoms. The van der Waals surface area contributed by atoms with Crippen LogP contribution in [0, 0.1) is 6.92 Å².